The van der Waals surface area contributed by atoms with Crippen LogP contribution in [0.3, 0.4) is 0 Å². The molecule has 0 bridgehead atoms. The first-order chi connectivity index (χ1) is 5.37. The summed E-state index contributed by atoms with van der Waals surface area (Å²) in [5, 5.41) is 0. The summed E-state index contributed by atoms with van der Waals surface area (Å²) in [6, 6.07) is 0. The number of alkyl halides is 3. The monoisotopic (exact) mass is 256 g/mol. The van der Waals surface area contributed by atoms with Crippen molar-refractivity contribution < 1.29 is 13.9 Å². The molecule has 0 atom stereocenters. The Morgan fingerprint density at radius 1 is 1.17 bits per heavy atom. The molecule has 76 valence electrons. The van der Waals surface area contributed by atoms with Crippen LogP contribution in [0.15, 0.2) is 0 Å². The molecule has 0 heterocycles. The van der Waals surface area contributed by atoms with Gasteiger partial charge in [-0.25, -0.2) is 0 Å². The Bertz CT molecular complexity index is 132. The molecule has 12 heavy (non-hydrogen) atoms. The Morgan fingerprint density at radius 2 is 1.50 bits per heavy atom. The van der Waals surface area contributed by atoms with Crippen LogP contribution in [0.4, 0.5) is 0 Å². The summed E-state index contributed by atoms with van der Waals surface area (Å²) in [5.74, 6) is 0. The fourth-order valence-electron chi connectivity index (χ4n) is 0.597. The van der Waals surface area contributed by atoms with Crippen molar-refractivity contribution in [1.82, 2.24) is 0 Å². The summed E-state index contributed by atoms with van der Waals surface area (Å²) in [7, 11) is -3.65. The van der Waals surface area contributed by atoms with Gasteiger partial charge in [0.1, 0.15) is 0 Å². The molecule has 0 aliphatic carbocycles. The third-order valence-corrected chi connectivity index (χ3v) is 5.26. The summed E-state index contributed by atoms with van der Waals surface area (Å²) in [4.78, 5) is 9.65. The van der Waals surface area contributed by atoms with Crippen molar-refractivity contribution in [3.8, 4) is 0 Å². The fourth-order valence-corrected chi connectivity index (χ4v) is 2.77. The van der Waals surface area contributed by atoms with Crippen molar-refractivity contribution in [3.05, 3.63) is 0 Å². The van der Waals surface area contributed by atoms with Gasteiger partial charge in [0.15, 0.2) is 0 Å². The topological polar surface area (TPSA) is 38.7 Å². The predicted octanol–water partition coefficient (Wildman–Crippen LogP) is 2.87. The van der Waals surface area contributed by atoms with Crippen LogP contribution in [0.1, 0.15) is 13.8 Å². The predicted molar refractivity (Wildman–Crippen MR) is 54.1 cm³/mol. The third-order valence-electron chi connectivity index (χ3n) is 1.04. The second kappa shape index (κ2) is 5.16. The first-order valence-electron chi connectivity index (χ1n) is 3.44. The van der Waals surface area contributed by atoms with Crippen molar-refractivity contribution in [2.75, 3.05) is 13.2 Å². The van der Waals surface area contributed by atoms with E-state index in [1.54, 1.807) is 13.8 Å². The van der Waals surface area contributed by atoms with E-state index in [0.29, 0.717) is 0 Å². The Hall–Kier alpha value is 1.18. The summed E-state index contributed by atoms with van der Waals surface area (Å²) in [6.07, 6.45) is 0. The van der Waals surface area contributed by atoms with Crippen LogP contribution in [-0.2, 0) is 9.05 Å². The van der Waals surface area contributed by atoms with Gasteiger partial charge in [0, 0.05) is 0 Å². The van der Waals surface area contributed by atoms with E-state index in [0.717, 1.165) is 0 Å². The normalized spacial score (nSPS) is 14.8. The Labute approximate surface area is 87.5 Å². The molecule has 0 aromatic carbocycles. The van der Waals surface area contributed by atoms with Gasteiger partial charge in [-0.2, -0.15) is 0 Å². The molecule has 7 heteroatoms. The van der Waals surface area contributed by atoms with E-state index in [1.807, 2.05) is 0 Å². The molecular formula is C5H12Cl3O3P. The van der Waals surface area contributed by atoms with Crippen molar-refractivity contribution in [1.29, 1.82) is 0 Å². The van der Waals surface area contributed by atoms with Gasteiger partial charge in [0.25, 0.3) is 0 Å². The van der Waals surface area contributed by atoms with Crippen LogP contribution in [-0.4, -0.2) is 21.6 Å². The SMILES string of the molecule is CCO[PH](O)(OCC)C(Cl)(Cl)Cl. The summed E-state index contributed by atoms with van der Waals surface area (Å²) >= 11 is 16.5. The van der Waals surface area contributed by atoms with Gasteiger partial charge in [-0.15, -0.1) is 0 Å². The molecule has 0 saturated carbocycles. The number of hydrogen-bond donors (Lipinski definition) is 1. The van der Waals surface area contributed by atoms with Crippen LogP contribution in [0.5, 0.6) is 0 Å². The number of rotatable bonds is 4. The van der Waals surface area contributed by atoms with Gasteiger partial charge in [-0.1, -0.05) is 0 Å². The van der Waals surface area contributed by atoms with Gasteiger partial charge in [0.05, 0.1) is 0 Å². The fraction of sp³-hybridized carbons (Fsp3) is 1.00. The van der Waals surface area contributed by atoms with Crippen molar-refractivity contribution in [2.24, 2.45) is 0 Å². The second-order valence-electron chi connectivity index (χ2n) is 1.95. The molecule has 0 unspecified atom stereocenters. The zero-order valence-electron chi connectivity index (χ0n) is 6.81. The maximum atomic E-state index is 9.65. The zero-order chi connectivity index (χ0) is 9.83. The summed E-state index contributed by atoms with van der Waals surface area (Å²) in [6.45, 7) is 3.87. The van der Waals surface area contributed by atoms with Gasteiger partial charge in [0.2, 0.25) is 0 Å². The van der Waals surface area contributed by atoms with E-state index in [4.69, 9.17) is 43.9 Å². The molecule has 0 aliphatic rings. The van der Waals surface area contributed by atoms with E-state index in [-0.39, 0.29) is 13.2 Å². The summed E-state index contributed by atoms with van der Waals surface area (Å²) in [5.41, 5.74) is 0. The first kappa shape index (κ1) is 13.2. The van der Waals surface area contributed by atoms with E-state index in [9.17, 15) is 4.89 Å². The van der Waals surface area contributed by atoms with Crippen molar-refractivity contribution >= 4 is 42.7 Å². The maximum absolute atomic E-state index is 9.65. The molecule has 0 radical (unpaired) electrons. The number of halogens is 3. The van der Waals surface area contributed by atoms with Crippen molar-refractivity contribution in [2.45, 2.75) is 17.4 Å². The van der Waals surface area contributed by atoms with Crippen LogP contribution in [0.2, 0.25) is 0 Å². The molecule has 0 saturated heterocycles. The van der Waals surface area contributed by atoms with E-state index >= 15 is 0 Å². The molecule has 0 aromatic rings. The standard InChI is InChI=1S/C5H12Cl3O3P/c1-3-10-12(9,11-4-2)5(6,7)8/h9,12H,3-4H2,1-2H3. The number of hydrogen-bond acceptors (Lipinski definition) is 3. The zero-order valence-corrected chi connectivity index (χ0v) is 10.1. The molecule has 0 fully saturated rings. The van der Waals surface area contributed by atoms with E-state index < -0.39 is 11.5 Å². The van der Waals surface area contributed by atoms with Gasteiger partial charge in [-0.05, 0) is 0 Å². The van der Waals surface area contributed by atoms with E-state index in [2.05, 4.69) is 0 Å². The Kier molecular flexibility index (Phi) is 5.67. The molecule has 0 rings (SSSR count). The van der Waals surface area contributed by atoms with Crippen LogP contribution >= 0.6 is 42.7 Å². The van der Waals surface area contributed by atoms with Crippen molar-refractivity contribution in [3.63, 3.8) is 0 Å². The van der Waals surface area contributed by atoms with Gasteiger partial charge in [-0.3, -0.25) is 0 Å². The summed E-state index contributed by atoms with van der Waals surface area (Å²) < 4.78 is 7.95. The minimum atomic E-state index is -3.65. The molecule has 0 spiro atoms. The Balaban J connectivity index is 4.38. The third kappa shape index (κ3) is 3.51. The minimum absolute atomic E-state index is 0.247. The average Bonchev–Trinajstić information content (AvgIpc) is 1.86. The molecule has 3 nitrogen and oxygen atoms in total. The molecular weight excluding hydrogens is 245 g/mol. The van der Waals surface area contributed by atoms with Crippen LogP contribution in [0.25, 0.3) is 0 Å². The Morgan fingerprint density at radius 3 is 1.67 bits per heavy atom. The van der Waals surface area contributed by atoms with E-state index in [1.165, 1.54) is 0 Å². The van der Waals surface area contributed by atoms with Gasteiger partial charge >= 0.3 is 87.3 Å². The first-order valence-corrected chi connectivity index (χ1v) is 6.34. The second-order valence-corrected chi connectivity index (χ2v) is 7.67. The average molecular weight is 257 g/mol. The molecule has 1 N–H and O–H groups in total. The quantitative estimate of drug-likeness (QED) is 0.622. The molecule has 0 aliphatic heterocycles. The van der Waals surface area contributed by atoms with Gasteiger partial charge < -0.3 is 0 Å². The molecule has 0 amide bonds. The van der Waals surface area contributed by atoms with Crippen LogP contribution in [0, 0.1) is 0 Å². The molecule has 0 aromatic heterocycles. The van der Waals surface area contributed by atoms with Crippen LogP contribution < -0.4 is 0 Å².